The van der Waals surface area contributed by atoms with Gasteiger partial charge in [0.15, 0.2) is 0 Å². The molecule has 112 valence electrons. The molecule has 1 heterocycles. The number of rotatable bonds is 2. The van der Waals surface area contributed by atoms with Crippen LogP contribution in [-0.2, 0) is 40.0 Å². The molecule has 0 spiro atoms. The third kappa shape index (κ3) is 2.48. The molecule has 0 atom stereocenters. The van der Waals surface area contributed by atoms with E-state index in [2.05, 4.69) is 36.5 Å². The van der Waals surface area contributed by atoms with Crippen molar-refractivity contribution in [2.75, 3.05) is 0 Å². The van der Waals surface area contributed by atoms with Gasteiger partial charge in [0.05, 0.1) is 0 Å². The first-order valence-corrected chi connectivity index (χ1v) is 9.66. The molecule has 23 heavy (non-hydrogen) atoms. The molecule has 4 aliphatic rings. The van der Waals surface area contributed by atoms with Crippen LogP contribution in [0, 0.1) is 0 Å². The van der Waals surface area contributed by atoms with E-state index in [1.165, 1.54) is 12.8 Å². The van der Waals surface area contributed by atoms with Crippen LogP contribution in [-0.4, -0.2) is 10.6 Å². The Kier molecular flexibility index (Phi) is 3.71. The van der Waals surface area contributed by atoms with Gasteiger partial charge >= 0.3 is 145 Å². The molecular weight excluding hydrogens is 368 g/mol. The van der Waals surface area contributed by atoms with Crippen LogP contribution in [0.4, 0.5) is 0 Å². The molecule has 1 fully saturated rings. The van der Waals surface area contributed by atoms with Crippen molar-refractivity contribution in [1.29, 1.82) is 0 Å². The van der Waals surface area contributed by atoms with Gasteiger partial charge in [0, 0.05) is 0 Å². The summed E-state index contributed by atoms with van der Waals surface area (Å²) in [7, 11) is 0. The van der Waals surface area contributed by atoms with E-state index in [0.29, 0.717) is 41.2 Å². The van der Waals surface area contributed by atoms with Crippen LogP contribution in [0.15, 0.2) is 55.7 Å². The van der Waals surface area contributed by atoms with E-state index >= 15 is 0 Å². The Labute approximate surface area is 144 Å². The van der Waals surface area contributed by atoms with Gasteiger partial charge in [0.25, 0.3) is 0 Å². The number of carbonyl (C=O) groups excluding carboxylic acids is 2. The fourth-order valence-corrected chi connectivity index (χ4v) is 5.87. The quantitative estimate of drug-likeness (QED) is 0.698. The first-order valence-electron chi connectivity index (χ1n) is 7.11. The van der Waals surface area contributed by atoms with Gasteiger partial charge in [-0.25, -0.2) is 0 Å². The van der Waals surface area contributed by atoms with Crippen LogP contribution in [0.3, 0.4) is 0 Å². The molecule has 1 aromatic rings. The van der Waals surface area contributed by atoms with Crippen LogP contribution < -0.4 is 15.9 Å². The number of allylic oxidation sites excluding steroid dienone is 9. The third-order valence-electron chi connectivity index (χ3n) is 3.83. The van der Waals surface area contributed by atoms with E-state index in [4.69, 9.17) is 0 Å². The Bertz CT molecular complexity index is 1020. The minimum atomic E-state index is -0.326. The Morgan fingerprint density at radius 1 is 1.00 bits per heavy atom. The van der Waals surface area contributed by atoms with Crippen molar-refractivity contribution in [3.8, 4) is 0 Å². The van der Waals surface area contributed by atoms with Gasteiger partial charge in [-0.05, 0) is 0 Å². The van der Waals surface area contributed by atoms with Crippen molar-refractivity contribution < 1.29 is 40.0 Å². The number of carbonyl (C=O) groups is 1. The summed E-state index contributed by atoms with van der Waals surface area (Å²) < 4.78 is 3.87. The maximum atomic E-state index is 11.2. The molecule has 1 aliphatic heterocycles. The molecule has 0 N–H and O–H groups in total. The molecule has 5 rings (SSSR count). The molecule has 0 saturated carbocycles. The van der Waals surface area contributed by atoms with E-state index in [1.54, 1.807) is 14.8 Å². The first-order chi connectivity index (χ1) is 11.2. The van der Waals surface area contributed by atoms with Crippen LogP contribution in [0.1, 0.15) is 12.8 Å². The van der Waals surface area contributed by atoms with Gasteiger partial charge < -0.3 is 0 Å². The van der Waals surface area contributed by atoms with Crippen molar-refractivity contribution >= 4 is 20.6 Å². The Balaban J connectivity index is 0.000000118. The second kappa shape index (κ2) is 5.74. The van der Waals surface area contributed by atoms with Crippen molar-refractivity contribution in [2.24, 2.45) is 0 Å². The fraction of sp³-hybridized carbons (Fsp3) is 0.111. The van der Waals surface area contributed by atoms with Gasteiger partial charge in [-0.3, -0.25) is 0 Å². The maximum absolute atomic E-state index is 11.2. The van der Waals surface area contributed by atoms with Crippen LogP contribution in [0.2, 0.25) is 0 Å². The standard InChI is InChI=1S/C8O3.2C5H5.2Cr/c9-2-4-1-5-7(8(5)11)6(4)3-10;2*1-2-4-5-3-1;;/h;2*1-3H,4H2;;. The summed E-state index contributed by atoms with van der Waals surface area (Å²) in [4.78, 5) is 32.5. The molecule has 0 unspecified atom stereocenters. The van der Waals surface area contributed by atoms with Gasteiger partial charge in [-0.1, -0.05) is 0 Å². The predicted molar refractivity (Wildman–Crippen MR) is 79.0 cm³/mol. The second-order valence-corrected chi connectivity index (χ2v) is 8.77. The van der Waals surface area contributed by atoms with E-state index in [-0.39, 0.29) is 25.3 Å². The molecule has 0 aromatic heterocycles. The molecule has 1 saturated heterocycles. The normalized spacial score (nSPS) is 20.0. The number of hydrogen-bond acceptors (Lipinski definition) is 3. The Hall–Kier alpha value is -1.71. The van der Waals surface area contributed by atoms with E-state index in [0.717, 1.165) is 0 Å². The van der Waals surface area contributed by atoms with Crippen molar-refractivity contribution in [2.45, 2.75) is 12.8 Å². The zero-order valence-electron chi connectivity index (χ0n) is 11.9. The molecule has 2 bridgehead atoms. The monoisotopic (exact) mass is 378 g/mol. The SMILES string of the molecule is C1=CC[C]([Cr][C]2=CC=CC2)=C1.O=C=C1[C]2=c3c(=O)c3=C1[C](=O)[Cr]2. The van der Waals surface area contributed by atoms with Crippen molar-refractivity contribution in [3.05, 3.63) is 71.6 Å². The van der Waals surface area contributed by atoms with Crippen molar-refractivity contribution in [1.82, 2.24) is 0 Å². The zero-order valence-corrected chi connectivity index (χ0v) is 14.5. The molecule has 0 amide bonds. The molecular formula is C18H10Cr2O3. The average Bonchev–Trinajstić information content (AvgIpc) is 3.10. The number of fused-ring (bicyclic) bond motifs is 3. The molecule has 3 nitrogen and oxygen atoms in total. The first kappa shape index (κ1) is 14.9. The summed E-state index contributed by atoms with van der Waals surface area (Å²) in [5.74, 6) is 1.73. The summed E-state index contributed by atoms with van der Waals surface area (Å²) >= 11 is 0.306. The van der Waals surface area contributed by atoms with Gasteiger partial charge in [0.2, 0.25) is 0 Å². The fourth-order valence-electron chi connectivity index (χ4n) is 2.71. The van der Waals surface area contributed by atoms with Gasteiger partial charge in [-0.2, -0.15) is 0 Å². The predicted octanol–water partition coefficient (Wildman–Crippen LogP) is 0.332. The topological polar surface area (TPSA) is 51.2 Å². The average molecular weight is 378 g/mol. The summed E-state index contributed by atoms with van der Waals surface area (Å²) in [5.41, 5.74) is 0.691. The summed E-state index contributed by atoms with van der Waals surface area (Å²) in [5, 5.41) is 1.14. The molecule has 3 aliphatic carbocycles. The molecule has 5 heteroatoms. The molecule has 1 aromatic carbocycles. The van der Waals surface area contributed by atoms with Crippen molar-refractivity contribution in [3.63, 3.8) is 0 Å². The second-order valence-electron chi connectivity index (χ2n) is 5.28. The Morgan fingerprint density at radius 3 is 2.13 bits per heavy atom. The number of hydrogen-bond donors (Lipinski definition) is 0. The zero-order chi connectivity index (χ0) is 16.0. The van der Waals surface area contributed by atoms with Gasteiger partial charge in [-0.15, -0.1) is 0 Å². The summed E-state index contributed by atoms with van der Waals surface area (Å²) in [6.07, 6.45) is 15.7. The minimum absolute atomic E-state index is 0.0354. The summed E-state index contributed by atoms with van der Waals surface area (Å²) in [6.45, 7) is 0. The summed E-state index contributed by atoms with van der Waals surface area (Å²) in [6, 6.07) is 0. The van der Waals surface area contributed by atoms with E-state index < -0.39 is 0 Å². The van der Waals surface area contributed by atoms with Gasteiger partial charge in [0.1, 0.15) is 0 Å². The Morgan fingerprint density at radius 2 is 1.65 bits per heavy atom. The van der Waals surface area contributed by atoms with Crippen LogP contribution in [0.25, 0.3) is 10.0 Å². The van der Waals surface area contributed by atoms with E-state index in [9.17, 15) is 14.4 Å². The van der Waals surface area contributed by atoms with E-state index in [1.807, 2.05) is 0 Å². The van der Waals surface area contributed by atoms with Crippen LogP contribution >= 0.6 is 0 Å². The third-order valence-corrected chi connectivity index (χ3v) is 7.16. The van der Waals surface area contributed by atoms with Crippen LogP contribution in [0.5, 0.6) is 0 Å². The molecule has 0 radical (unpaired) electrons.